The number of hydrogen-bond acceptors (Lipinski definition) is 0. The van der Waals surface area contributed by atoms with Crippen molar-refractivity contribution in [2.24, 2.45) is 5.41 Å². The fourth-order valence-corrected chi connectivity index (χ4v) is 16.7. The Morgan fingerprint density at radius 1 is 1.04 bits per heavy atom. The molecule has 0 bridgehead atoms. The van der Waals surface area contributed by atoms with Crippen molar-refractivity contribution in [2.45, 2.75) is 40.1 Å². The normalized spacial score (nSPS) is 19.8. The molecular formula is C20H30Cl2SiZr. The zero-order valence-electron chi connectivity index (χ0n) is 15.4. The molecule has 0 N–H and O–H groups in total. The molecule has 0 heterocycles. The van der Waals surface area contributed by atoms with Crippen LogP contribution in [0.1, 0.15) is 41.9 Å². The van der Waals surface area contributed by atoms with E-state index in [9.17, 15) is 0 Å². The summed E-state index contributed by atoms with van der Waals surface area (Å²) in [5.41, 5.74) is 4.90. The Bertz CT molecular complexity index is 788. The predicted molar refractivity (Wildman–Crippen MR) is 113 cm³/mol. The smallest absolute Gasteiger partial charge is 0.147 e. The standard InChI is InChI=1S/C9H7.C9H13.2CH3.2ClH.H2Si.Zr/c1-2-5-9-7-3-6-8(9)4-1;1-9(2,3)8-6-4-5-7-8;;;;;;/h1-7H;4,6H,7H2,1-3H3;2*1H3;2*1H;1H2;. The Kier molecular flexibility index (Phi) is 6.49. The number of benzene rings is 1. The van der Waals surface area contributed by atoms with Crippen LogP contribution in [0, 0.1) is 5.41 Å². The molecule has 0 spiro atoms. The van der Waals surface area contributed by atoms with Gasteiger partial charge in [0.15, 0.2) is 0 Å². The van der Waals surface area contributed by atoms with Crippen LogP contribution < -0.4 is 0 Å². The van der Waals surface area contributed by atoms with Crippen LogP contribution in [0.2, 0.25) is 9.26 Å². The third-order valence-corrected chi connectivity index (χ3v) is 23.1. The van der Waals surface area contributed by atoms with E-state index in [2.05, 4.69) is 85.5 Å². The molecule has 0 saturated heterocycles. The average molecular weight is 461 g/mol. The van der Waals surface area contributed by atoms with Crippen molar-refractivity contribution in [1.82, 2.24) is 0 Å². The first-order valence-electron chi connectivity index (χ1n) is 8.33. The van der Waals surface area contributed by atoms with E-state index >= 15 is 0 Å². The third-order valence-electron chi connectivity index (χ3n) is 5.68. The maximum atomic E-state index is 2.64. The van der Waals surface area contributed by atoms with E-state index in [1.54, 1.807) is 14.4 Å². The fourth-order valence-electron chi connectivity index (χ4n) is 3.86. The minimum absolute atomic E-state index is 0. The summed E-state index contributed by atoms with van der Waals surface area (Å²) in [6, 6.07) is 8.98. The van der Waals surface area contributed by atoms with Gasteiger partial charge in [0.2, 0.25) is 0 Å². The van der Waals surface area contributed by atoms with Crippen LogP contribution >= 0.6 is 24.8 Å². The van der Waals surface area contributed by atoms with Gasteiger partial charge in [0.25, 0.3) is 0 Å². The second-order valence-corrected chi connectivity index (χ2v) is 38.9. The summed E-state index contributed by atoms with van der Waals surface area (Å²) >= 11 is -2.97. The van der Waals surface area contributed by atoms with Crippen molar-refractivity contribution < 1.29 is 17.4 Å². The summed E-state index contributed by atoms with van der Waals surface area (Å²) in [6.45, 7) is 9.39. The maximum absolute atomic E-state index is 2.97. The van der Waals surface area contributed by atoms with Crippen LogP contribution in [0.4, 0.5) is 0 Å². The van der Waals surface area contributed by atoms with Crippen LogP contribution in [0.25, 0.3) is 6.08 Å². The molecular weight excluding hydrogens is 430 g/mol. The summed E-state index contributed by atoms with van der Waals surface area (Å²) < 4.78 is 7.72. The van der Waals surface area contributed by atoms with Crippen LogP contribution in [0.5, 0.6) is 0 Å². The number of hydrogen-bond donors (Lipinski definition) is 0. The molecule has 1 atom stereocenters. The fraction of sp³-hybridized carbons (Fsp3) is 0.400. The predicted octanol–water partition coefficient (Wildman–Crippen LogP) is 6.19. The summed E-state index contributed by atoms with van der Waals surface area (Å²) in [4.78, 5) is 0. The molecule has 132 valence electrons. The SMILES string of the molecule is CC(C)(C)C1=CC=[C]([Zr]([CH3])([CH3])(=[SiH2])[CH]2C=Cc3ccccc32)C1.Cl.Cl. The zero-order valence-corrected chi connectivity index (χ0v) is 20.9. The summed E-state index contributed by atoms with van der Waals surface area (Å²) in [5, 5.41) is 0. The molecule has 4 heteroatoms. The van der Waals surface area contributed by atoms with E-state index < -0.39 is 17.4 Å². The molecule has 0 saturated carbocycles. The summed E-state index contributed by atoms with van der Waals surface area (Å²) in [5.74, 6) is 0. The zero-order chi connectivity index (χ0) is 16.2. The largest absolute Gasteiger partial charge is 0.147 e. The summed E-state index contributed by atoms with van der Waals surface area (Å²) in [6.07, 6.45) is 10.9. The molecule has 3 rings (SSSR count). The molecule has 0 nitrogen and oxygen atoms in total. The van der Waals surface area contributed by atoms with E-state index in [-0.39, 0.29) is 24.8 Å². The quantitative estimate of drug-likeness (QED) is 0.462. The van der Waals surface area contributed by atoms with E-state index in [0.29, 0.717) is 9.04 Å². The molecule has 1 aromatic carbocycles. The maximum Gasteiger partial charge on any atom is -0.147 e. The van der Waals surface area contributed by atoms with Gasteiger partial charge < -0.3 is 0 Å². The Morgan fingerprint density at radius 2 is 1.67 bits per heavy atom. The Morgan fingerprint density at radius 3 is 2.25 bits per heavy atom. The molecule has 2 aliphatic carbocycles. The molecule has 0 aromatic heterocycles. The second-order valence-electron chi connectivity index (χ2n) is 9.09. The first-order valence-corrected chi connectivity index (χ1v) is 21.8. The van der Waals surface area contributed by atoms with Gasteiger partial charge >= 0.3 is 138 Å². The average Bonchev–Trinajstić information content (AvgIpc) is 3.05. The van der Waals surface area contributed by atoms with Crippen LogP contribution in [-0.2, 0) is 17.4 Å². The first kappa shape index (κ1) is 22.2. The summed E-state index contributed by atoms with van der Waals surface area (Å²) in [7, 11) is 0. The Hall–Kier alpha value is 0.120. The van der Waals surface area contributed by atoms with Crippen molar-refractivity contribution in [3.63, 3.8) is 0 Å². The number of halogens is 2. The Balaban J connectivity index is 0.00000144. The van der Waals surface area contributed by atoms with Crippen molar-refractivity contribution in [2.75, 3.05) is 0 Å². The monoisotopic (exact) mass is 458 g/mol. The number of allylic oxidation sites excluding steroid dienone is 5. The van der Waals surface area contributed by atoms with Gasteiger partial charge in [0, 0.05) is 0 Å². The third kappa shape index (κ3) is 3.78. The Labute approximate surface area is 162 Å². The van der Waals surface area contributed by atoms with E-state index in [1.165, 1.54) is 12.0 Å². The van der Waals surface area contributed by atoms with Crippen molar-refractivity contribution in [1.29, 1.82) is 0 Å². The van der Waals surface area contributed by atoms with Gasteiger partial charge in [-0.3, -0.25) is 0 Å². The molecule has 1 aromatic rings. The van der Waals surface area contributed by atoms with Gasteiger partial charge in [-0.1, -0.05) is 0 Å². The molecule has 24 heavy (non-hydrogen) atoms. The molecule has 0 aliphatic heterocycles. The van der Waals surface area contributed by atoms with Gasteiger partial charge in [-0.05, 0) is 0 Å². The van der Waals surface area contributed by atoms with Crippen molar-refractivity contribution in [3.05, 3.63) is 62.5 Å². The number of fused-ring (bicyclic) bond motifs is 1. The topological polar surface area (TPSA) is 0 Å². The molecule has 0 radical (unpaired) electrons. The van der Waals surface area contributed by atoms with Gasteiger partial charge in [-0.15, -0.1) is 24.8 Å². The van der Waals surface area contributed by atoms with Crippen LogP contribution in [0.3, 0.4) is 0 Å². The van der Waals surface area contributed by atoms with Gasteiger partial charge in [0.1, 0.15) is 0 Å². The minimum atomic E-state index is -2.97. The van der Waals surface area contributed by atoms with E-state index in [4.69, 9.17) is 0 Å². The molecule has 0 amide bonds. The van der Waals surface area contributed by atoms with Gasteiger partial charge in [-0.25, -0.2) is 0 Å². The van der Waals surface area contributed by atoms with Gasteiger partial charge in [-0.2, -0.15) is 0 Å². The van der Waals surface area contributed by atoms with Gasteiger partial charge in [0.05, 0.1) is 0 Å². The van der Waals surface area contributed by atoms with Crippen LogP contribution in [0.15, 0.2) is 51.3 Å². The number of rotatable bonds is 2. The minimum Gasteiger partial charge on any atom is -0.147 e. The van der Waals surface area contributed by atoms with E-state index in [0.717, 1.165) is 0 Å². The second kappa shape index (κ2) is 7.03. The first-order chi connectivity index (χ1) is 10.1. The van der Waals surface area contributed by atoms with Crippen molar-refractivity contribution in [3.8, 4) is 0 Å². The van der Waals surface area contributed by atoms with E-state index in [1.807, 2.05) is 0 Å². The molecule has 1 unspecified atom stereocenters. The molecule has 2 aliphatic rings. The molecule has 0 fully saturated rings. The van der Waals surface area contributed by atoms with Crippen LogP contribution in [-0.4, -0.2) is 6.88 Å². The van der Waals surface area contributed by atoms with Crippen molar-refractivity contribution >= 4 is 37.8 Å².